The zero-order valence-corrected chi connectivity index (χ0v) is 11.1. The normalized spacial score (nSPS) is 13.4. The first kappa shape index (κ1) is 14.3. The van der Waals surface area contributed by atoms with Crippen LogP contribution in [0.4, 0.5) is 13.2 Å². The molecule has 0 saturated heterocycles. The summed E-state index contributed by atoms with van der Waals surface area (Å²) in [7, 11) is 0. The number of benzene rings is 1. The first-order valence-electron chi connectivity index (χ1n) is 4.99. The molecule has 1 aromatic carbocycles. The largest absolute Gasteiger partial charge is 0.416 e. The van der Waals surface area contributed by atoms with Gasteiger partial charge in [0.1, 0.15) is 0 Å². The molecule has 1 rings (SSSR count). The van der Waals surface area contributed by atoms with Gasteiger partial charge in [-0.3, -0.25) is 0 Å². The van der Waals surface area contributed by atoms with E-state index in [2.05, 4.69) is 15.9 Å². The second-order valence-electron chi connectivity index (χ2n) is 4.00. The molecular formula is C12H13BrF3N. The summed E-state index contributed by atoms with van der Waals surface area (Å²) < 4.78 is 38.9. The van der Waals surface area contributed by atoms with Gasteiger partial charge in [-0.25, -0.2) is 0 Å². The first-order chi connectivity index (χ1) is 7.71. The van der Waals surface area contributed by atoms with Gasteiger partial charge in [0.2, 0.25) is 0 Å². The Balaban J connectivity index is 3.29. The number of hydrogen-bond acceptors (Lipinski definition) is 1. The SMILES string of the molecule is CC(C)=CC(N)c1ccc(Br)cc1C(F)(F)F. The summed E-state index contributed by atoms with van der Waals surface area (Å²) in [5, 5.41) is 0. The van der Waals surface area contributed by atoms with Crippen molar-refractivity contribution in [1.82, 2.24) is 0 Å². The molecule has 94 valence electrons. The summed E-state index contributed by atoms with van der Waals surface area (Å²) in [5.41, 5.74) is 6.02. The third-order valence-electron chi connectivity index (χ3n) is 2.19. The number of nitrogens with two attached hydrogens (primary N) is 1. The number of rotatable bonds is 2. The maximum atomic E-state index is 12.8. The van der Waals surface area contributed by atoms with Crippen LogP contribution in [-0.2, 0) is 6.18 Å². The Hall–Kier alpha value is -0.810. The van der Waals surface area contributed by atoms with Gasteiger partial charge in [-0.05, 0) is 31.5 Å². The smallest absolute Gasteiger partial charge is 0.321 e. The lowest BCUT2D eigenvalue weighted by molar-refractivity contribution is -0.138. The van der Waals surface area contributed by atoms with Crippen LogP contribution in [0.2, 0.25) is 0 Å². The molecule has 0 spiro atoms. The van der Waals surface area contributed by atoms with Crippen LogP contribution in [0.5, 0.6) is 0 Å². The lowest BCUT2D eigenvalue weighted by atomic mass is 9.99. The summed E-state index contributed by atoms with van der Waals surface area (Å²) >= 11 is 3.03. The molecule has 0 radical (unpaired) electrons. The van der Waals surface area contributed by atoms with E-state index in [0.717, 1.165) is 11.6 Å². The number of halogens is 4. The van der Waals surface area contributed by atoms with E-state index in [1.807, 2.05) is 0 Å². The van der Waals surface area contributed by atoms with Crippen LogP contribution in [0.3, 0.4) is 0 Å². The Morgan fingerprint density at radius 3 is 2.41 bits per heavy atom. The molecule has 0 amide bonds. The van der Waals surface area contributed by atoms with E-state index in [9.17, 15) is 13.2 Å². The van der Waals surface area contributed by atoms with Crippen molar-refractivity contribution in [1.29, 1.82) is 0 Å². The van der Waals surface area contributed by atoms with E-state index in [1.165, 1.54) is 6.07 Å². The fourth-order valence-electron chi connectivity index (χ4n) is 1.51. The first-order valence-corrected chi connectivity index (χ1v) is 5.78. The molecule has 0 aromatic heterocycles. The van der Waals surface area contributed by atoms with Gasteiger partial charge in [0.15, 0.2) is 0 Å². The fraction of sp³-hybridized carbons (Fsp3) is 0.333. The molecule has 17 heavy (non-hydrogen) atoms. The highest BCUT2D eigenvalue weighted by atomic mass is 79.9. The Bertz CT molecular complexity index is 434. The van der Waals surface area contributed by atoms with E-state index in [4.69, 9.17) is 5.73 Å². The molecule has 0 heterocycles. The summed E-state index contributed by atoms with van der Waals surface area (Å²) in [6, 6.07) is 3.26. The minimum absolute atomic E-state index is 0.0851. The second kappa shape index (κ2) is 5.23. The molecule has 0 fully saturated rings. The molecule has 1 aromatic rings. The van der Waals surface area contributed by atoms with Crippen LogP contribution in [0.15, 0.2) is 34.3 Å². The number of allylic oxidation sites excluding steroid dienone is 1. The molecule has 5 heteroatoms. The molecule has 1 nitrogen and oxygen atoms in total. The highest BCUT2D eigenvalue weighted by molar-refractivity contribution is 9.10. The van der Waals surface area contributed by atoms with E-state index >= 15 is 0 Å². The predicted molar refractivity (Wildman–Crippen MR) is 65.5 cm³/mol. The van der Waals surface area contributed by atoms with E-state index in [1.54, 1.807) is 26.0 Å². The van der Waals surface area contributed by atoms with Crippen LogP contribution >= 0.6 is 15.9 Å². The van der Waals surface area contributed by atoms with E-state index in [-0.39, 0.29) is 5.56 Å². The quantitative estimate of drug-likeness (QED) is 0.803. The summed E-state index contributed by atoms with van der Waals surface area (Å²) in [6.45, 7) is 3.60. The van der Waals surface area contributed by atoms with Gasteiger partial charge >= 0.3 is 6.18 Å². The topological polar surface area (TPSA) is 26.0 Å². The van der Waals surface area contributed by atoms with Gasteiger partial charge < -0.3 is 5.73 Å². The minimum Gasteiger partial charge on any atom is -0.321 e. The maximum absolute atomic E-state index is 12.8. The summed E-state index contributed by atoms with van der Waals surface area (Å²) in [6.07, 6.45) is -2.79. The van der Waals surface area contributed by atoms with Crippen LogP contribution in [0.1, 0.15) is 31.0 Å². The minimum atomic E-state index is -4.40. The lowest BCUT2D eigenvalue weighted by Crippen LogP contribution is -2.16. The molecule has 0 saturated carbocycles. The van der Waals surface area contributed by atoms with Gasteiger partial charge in [-0.1, -0.05) is 33.6 Å². The van der Waals surface area contributed by atoms with Crippen molar-refractivity contribution in [2.24, 2.45) is 5.73 Å². The average molecular weight is 308 g/mol. The van der Waals surface area contributed by atoms with Gasteiger partial charge in [-0.15, -0.1) is 0 Å². The standard InChI is InChI=1S/C12H13BrF3N/c1-7(2)5-11(17)9-4-3-8(13)6-10(9)12(14,15)16/h3-6,11H,17H2,1-2H3. The molecule has 1 unspecified atom stereocenters. The highest BCUT2D eigenvalue weighted by Crippen LogP contribution is 2.36. The third-order valence-corrected chi connectivity index (χ3v) is 2.69. The van der Waals surface area contributed by atoms with Gasteiger partial charge in [-0.2, -0.15) is 13.2 Å². The number of hydrogen-bond donors (Lipinski definition) is 1. The Morgan fingerprint density at radius 2 is 1.94 bits per heavy atom. The molecule has 0 aliphatic heterocycles. The monoisotopic (exact) mass is 307 g/mol. The Labute approximate surface area is 107 Å². The Morgan fingerprint density at radius 1 is 1.35 bits per heavy atom. The molecule has 2 N–H and O–H groups in total. The summed E-state index contributed by atoms with van der Waals surface area (Å²) in [5.74, 6) is 0. The van der Waals surface area contributed by atoms with Crippen molar-refractivity contribution >= 4 is 15.9 Å². The zero-order chi connectivity index (χ0) is 13.2. The van der Waals surface area contributed by atoms with Crippen molar-refractivity contribution in [2.75, 3.05) is 0 Å². The van der Waals surface area contributed by atoms with Crippen molar-refractivity contribution < 1.29 is 13.2 Å². The molecule has 0 aliphatic carbocycles. The van der Waals surface area contributed by atoms with E-state index < -0.39 is 17.8 Å². The van der Waals surface area contributed by atoms with Gasteiger partial charge in [0.25, 0.3) is 0 Å². The molecule has 0 aliphatic rings. The van der Waals surface area contributed by atoms with E-state index in [0.29, 0.717) is 4.47 Å². The third kappa shape index (κ3) is 3.85. The fourth-order valence-corrected chi connectivity index (χ4v) is 1.87. The van der Waals surface area contributed by atoms with Gasteiger partial charge in [0.05, 0.1) is 5.56 Å². The van der Waals surface area contributed by atoms with Crippen molar-refractivity contribution in [2.45, 2.75) is 26.1 Å². The van der Waals surface area contributed by atoms with Gasteiger partial charge in [0, 0.05) is 10.5 Å². The predicted octanol–water partition coefficient (Wildman–Crippen LogP) is 4.43. The second-order valence-corrected chi connectivity index (χ2v) is 4.91. The maximum Gasteiger partial charge on any atom is 0.416 e. The van der Waals surface area contributed by atoms with Crippen molar-refractivity contribution in [3.63, 3.8) is 0 Å². The van der Waals surface area contributed by atoms with Crippen molar-refractivity contribution in [3.8, 4) is 0 Å². The number of alkyl halides is 3. The summed E-state index contributed by atoms with van der Waals surface area (Å²) in [4.78, 5) is 0. The average Bonchev–Trinajstić information content (AvgIpc) is 2.14. The molecular weight excluding hydrogens is 295 g/mol. The lowest BCUT2D eigenvalue weighted by Gasteiger charge is -2.16. The molecule has 1 atom stereocenters. The van der Waals surface area contributed by atoms with Crippen molar-refractivity contribution in [3.05, 3.63) is 45.4 Å². The van der Waals surface area contributed by atoms with Crippen LogP contribution in [0.25, 0.3) is 0 Å². The van der Waals surface area contributed by atoms with Crippen LogP contribution in [-0.4, -0.2) is 0 Å². The van der Waals surface area contributed by atoms with Crippen LogP contribution in [0, 0.1) is 0 Å². The molecule has 0 bridgehead atoms. The zero-order valence-electron chi connectivity index (χ0n) is 9.48. The van der Waals surface area contributed by atoms with Crippen LogP contribution < -0.4 is 5.73 Å². The Kier molecular flexibility index (Phi) is 4.38. The highest BCUT2D eigenvalue weighted by Gasteiger charge is 2.34.